The molecule has 0 heterocycles. The van der Waals surface area contributed by atoms with Crippen molar-refractivity contribution in [2.24, 2.45) is 0 Å². The van der Waals surface area contributed by atoms with Crippen LogP contribution in [0.15, 0.2) is 73.4 Å². The van der Waals surface area contributed by atoms with E-state index in [0.29, 0.717) is 0 Å². The Morgan fingerprint density at radius 2 is 1.39 bits per heavy atom. The van der Waals surface area contributed by atoms with Gasteiger partial charge in [0, 0.05) is 25.2 Å². The van der Waals surface area contributed by atoms with Crippen LogP contribution in [0.1, 0.15) is 53.5 Å². The molecule has 3 nitrogen and oxygen atoms in total. The standard InChI is InChI=1S/C16H28N2.C12H17N/c1-6-15-11-13-16(14-12-15,17(7-2)8-3)18(9-4)10-5;1-4-13(5-2)11(3)12-9-7-6-8-10-12/h6,11-13H,1,7-10,14H2,2-5H3;6-10H,3-5H2,1-2H3. The van der Waals surface area contributed by atoms with E-state index < -0.39 is 0 Å². The highest BCUT2D eigenvalue weighted by atomic mass is 15.4. The van der Waals surface area contributed by atoms with Gasteiger partial charge in [0.15, 0.2) is 0 Å². The summed E-state index contributed by atoms with van der Waals surface area (Å²) in [6.45, 7) is 27.6. The first kappa shape index (κ1) is 26.9. The molecule has 0 aliphatic heterocycles. The number of rotatable bonds is 11. The molecule has 0 amide bonds. The molecule has 0 fully saturated rings. The molecule has 0 saturated carbocycles. The van der Waals surface area contributed by atoms with Crippen molar-refractivity contribution in [2.45, 2.75) is 53.6 Å². The minimum absolute atomic E-state index is 0.0551. The second kappa shape index (κ2) is 14.1. The van der Waals surface area contributed by atoms with Gasteiger partial charge >= 0.3 is 0 Å². The van der Waals surface area contributed by atoms with E-state index in [1.807, 2.05) is 24.3 Å². The van der Waals surface area contributed by atoms with Gasteiger partial charge in [-0.3, -0.25) is 9.80 Å². The van der Waals surface area contributed by atoms with E-state index in [4.69, 9.17) is 0 Å². The summed E-state index contributed by atoms with van der Waals surface area (Å²) in [5.74, 6) is 0. The molecule has 0 atom stereocenters. The van der Waals surface area contributed by atoms with Crippen LogP contribution in [0.25, 0.3) is 5.70 Å². The predicted molar refractivity (Wildman–Crippen MR) is 139 cm³/mol. The smallest absolute Gasteiger partial charge is 0.0968 e. The van der Waals surface area contributed by atoms with Crippen molar-refractivity contribution in [3.63, 3.8) is 0 Å². The van der Waals surface area contributed by atoms with Crippen LogP contribution in [0.3, 0.4) is 0 Å². The van der Waals surface area contributed by atoms with Crippen LogP contribution in [-0.4, -0.2) is 59.6 Å². The first-order valence-corrected chi connectivity index (χ1v) is 12.0. The third kappa shape index (κ3) is 6.95. The van der Waals surface area contributed by atoms with Crippen LogP contribution in [0.5, 0.6) is 0 Å². The van der Waals surface area contributed by atoms with Crippen LogP contribution in [0, 0.1) is 0 Å². The third-order valence-corrected chi connectivity index (χ3v) is 6.29. The van der Waals surface area contributed by atoms with Crippen molar-refractivity contribution in [1.82, 2.24) is 14.7 Å². The Kier molecular flexibility index (Phi) is 12.2. The van der Waals surface area contributed by atoms with Gasteiger partial charge in [-0.05, 0) is 57.2 Å². The van der Waals surface area contributed by atoms with Gasteiger partial charge in [0.2, 0.25) is 0 Å². The molecule has 0 spiro atoms. The summed E-state index contributed by atoms with van der Waals surface area (Å²) in [4.78, 5) is 7.36. The summed E-state index contributed by atoms with van der Waals surface area (Å²) < 4.78 is 0. The van der Waals surface area contributed by atoms with Gasteiger partial charge in [-0.2, -0.15) is 0 Å². The highest BCUT2D eigenvalue weighted by molar-refractivity contribution is 5.61. The molecule has 0 saturated heterocycles. The molecule has 0 N–H and O–H groups in total. The van der Waals surface area contributed by atoms with Crippen LogP contribution >= 0.6 is 0 Å². The fourth-order valence-corrected chi connectivity index (χ4v) is 4.42. The lowest BCUT2D eigenvalue weighted by atomic mass is 9.92. The van der Waals surface area contributed by atoms with E-state index in [2.05, 4.69) is 99.8 Å². The van der Waals surface area contributed by atoms with Gasteiger partial charge in [0.25, 0.3) is 0 Å². The summed E-state index contributed by atoms with van der Waals surface area (Å²) in [5, 5.41) is 0. The molecule has 1 aliphatic rings. The maximum Gasteiger partial charge on any atom is 0.0968 e. The third-order valence-electron chi connectivity index (χ3n) is 6.29. The highest BCUT2D eigenvalue weighted by Gasteiger charge is 2.37. The number of hydrogen-bond donors (Lipinski definition) is 0. The predicted octanol–water partition coefficient (Wildman–Crippen LogP) is 6.44. The summed E-state index contributed by atoms with van der Waals surface area (Å²) in [5.41, 5.74) is 3.63. The Morgan fingerprint density at radius 3 is 1.74 bits per heavy atom. The van der Waals surface area contributed by atoms with E-state index >= 15 is 0 Å². The topological polar surface area (TPSA) is 9.72 Å². The minimum Gasteiger partial charge on any atom is -0.372 e. The Balaban J connectivity index is 0.000000327. The van der Waals surface area contributed by atoms with Crippen molar-refractivity contribution < 1.29 is 0 Å². The second-order valence-electron chi connectivity index (χ2n) is 7.65. The summed E-state index contributed by atoms with van der Waals surface area (Å²) in [6, 6.07) is 10.3. The fourth-order valence-electron chi connectivity index (χ4n) is 4.42. The molecule has 1 aliphatic carbocycles. The average Bonchev–Trinajstić information content (AvgIpc) is 2.83. The van der Waals surface area contributed by atoms with Gasteiger partial charge in [0.05, 0.1) is 5.66 Å². The van der Waals surface area contributed by atoms with Crippen molar-refractivity contribution in [3.05, 3.63) is 78.9 Å². The number of allylic oxidation sites excluding steroid dienone is 3. The molecule has 0 radical (unpaired) electrons. The SMILES string of the molecule is C=C(c1ccccc1)N(CC)CC.C=CC1=CCC(N(CC)CC)(N(CC)CC)C=C1. The number of likely N-dealkylation sites (N-methyl/N-ethyl adjacent to an activating group) is 2. The van der Waals surface area contributed by atoms with E-state index in [-0.39, 0.29) is 5.66 Å². The lowest BCUT2D eigenvalue weighted by Gasteiger charge is -2.49. The molecule has 1 aromatic carbocycles. The van der Waals surface area contributed by atoms with Gasteiger partial charge < -0.3 is 4.90 Å². The Morgan fingerprint density at radius 1 is 0.871 bits per heavy atom. The van der Waals surface area contributed by atoms with Crippen molar-refractivity contribution in [2.75, 3.05) is 39.3 Å². The van der Waals surface area contributed by atoms with E-state index in [1.165, 1.54) is 11.1 Å². The zero-order chi connectivity index (χ0) is 23.3. The maximum absolute atomic E-state index is 4.09. The van der Waals surface area contributed by atoms with Crippen LogP contribution < -0.4 is 0 Å². The normalized spacial score (nSPS) is 14.6. The Labute approximate surface area is 192 Å². The molecule has 2 rings (SSSR count). The van der Waals surface area contributed by atoms with Crippen LogP contribution in [0.2, 0.25) is 0 Å². The second-order valence-corrected chi connectivity index (χ2v) is 7.65. The molecule has 31 heavy (non-hydrogen) atoms. The molecule has 0 unspecified atom stereocenters. The minimum atomic E-state index is 0.0551. The van der Waals surface area contributed by atoms with Crippen molar-refractivity contribution in [1.29, 1.82) is 0 Å². The summed E-state index contributed by atoms with van der Waals surface area (Å²) in [7, 11) is 0. The zero-order valence-electron chi connectivity index (χ0n) is 20.9. The Bertz CT molecular complexity index is 693. The van der Waals surface area contributed by atoms with E-state index in [0.717, 1.165) is 51.4 Å². The first-order chi connectivity index (χ1) is 15.0. The van der Waals surface area contributed by atoms with E-state index in [9.17, 15) is 0 Å². The molecule has 1 aromatic rings. The summed E-state index contributed by atoms with van der Waals surface area (Å²) in [6.07, 6.45) is 9.87. The molecule has 172 valence electrons. The maximum atomic E-state index is 4.09. The van der Waals surface area contributed by atoms with Gasteiger partial charge in [-0.15, -0.1) is 0 Å². The van der Waals surface area contributed by atoms with E-state index in [1.54, 1.807) is 0 Å². The largest absolute Gasteiger partial charge is 0.372 e. The van der Waals surface area contributed by atoms with Gasteiger partial charge in [-0.25, -0.2) is 0 Å². The zero-order valence-corrected chi connectivity index (χ0v) is 20.9. The lowest BCUT2D eigenvalue weighted by Crippen LogP contribution is -2.59. The molecule has 3 heteroatoms. The van der Waals surface area contributed by atoms with Crippen molar-refractivity contribution in [3.8, 4) is 0 Å². The molecule has 0 bridgehead atoms. The number of nitrogens with zero attached hydrogens (tertiary/aromatic N) is 3. The molecular formula is C28H45N3. The van der Waals surface area contributed by atoms with Crippen molar-refractivity contribution >= 4 is 5.70 Å². The monoisotopic (exact) mass is 423 g/mol. The first-order valence-electron chi connectivity index (χ1n) is 12.0. The average molecular weight is 424 g/mol. The number of hydrogen-bond acceptors (Lipinski definition) is 3. The number of benzene rings is 1. The van der Waals surface area contributed by atoms with Crippen LogP contribution in [0.4, 0.5) is 0 Å². The summed E-state index contributed by atoms with van der Waals surface area (Å²) >= 11 is 0. The Hall–Kier alpha value is -2.10. The highest BCUT2D eigenvalue weighted by Crippen LogP contribution is 2.31. The van der Waals surface area contributed by atoms with Crippen LogP contribution in [-0.2, 0) is 0 Å². The molecule has 0 aromatic heterocycles. The van der Waals surface area contributed by atoms with Gasteiger partial charge in [0.1, 0.15) is 0 Å². The fraction of sp³-hybridized carbons (Fsp3) is 0.500. The molecular weight excluding hydrogens is 378 g/mol. The lowest BCUT2D eigenvalue weighted by molar-refractivity contribution is -0.00974. The van der Waals surface area contributed by atoms with Gasteiger partial charge in [-0.1, -0.05) is 89.4 Å². The quantitative estimate of drug-likeness (QED) is 0.379.